The van der Waals surface area contributed by atoms with Crippen molar-refractivity contribution < 1.29 is 0 Å². The number of benzene rings is 1. The zero-order chi connectivity index (χ0) is 14.3. The van der Waals surface area contributed by atoms with Gasteiger partial charge in [-0.05, 0) is 42.5 Å². The summed E-state index contributed by atoms with van der Waals surface area (Å²) in [6, 6.07) is 13.9. The van der Waals surface area contributed by atoms with Crippen LogP contribution in [0.2, 0.25) is 5.02 Å². The van der Waals surface area contributed by atoms with Crippen LogP contribution in [0.4, 0.5) is 5.69 Å². The number of halogens is 1. The molecule has 0 N–H and O–H groups in total. The molecule has 1 aromatic carbocycles. The molecule has 2 aliphatic rings. The van der Waals surface area contributed by atoms with Crippen molar-refractivity contribution in [2.45, 2.75) is 6.42 Å². The van der Waals surface area contributed by atoms with Gasteiger partial charge in [0.05, 0.1) is 16.1 Å². The lowest BCUT2D eigenvalue weighted by Crippen LogP contribution is -2.24. The summed E-state index contributed by atoms with van der Waals surface area (Å²) in [7, 11) is 0. The van der Waals surface area contributed by atoms with E-state index in [4.69, 9.17) is 11.6 Å². The molecule has 0 spiro atoms. The van der Waals surface area contributed by atoms with Crippen molar-refractivity contribution in [2.75, 3.05) is 18.0 Å². The average Bonchev–Trinajstić information content (AvgIpc) is 3.08. The number of rotatable bonds is 1. The molecule has 1 aromatic heterocycles. The Hall–Kier alpha value is -1.98. The molecule has 2 aromatic rings. The van der Waals surface area contributed by atoms with Crippen molar-refractivity contribution in [3.63, 3.8) is 0 Å². The molecule has 2 fully saturated rings. The highest BCUT2D eigenvalue weighted by Crippen LogP contribution is 2.58. The van der Waals surface area contributed by atoms with Gasteiger partial charge in [0.1, 0.15) is 5.69 Å². The van der Waals surface area contributed by atoms with Gasteiger partial charge < -0.3 is 4.90 Å². The van der Waals surface area contributed by atoms with E-state index in [1.807, 2.05) is 36.4 Å². The highest BCUT2D eigenvalue weighted by molar-refractivity contribution is 6.33. The first-order valence-corrected chi connectivity index (χ1v) is 7.58. The molecule has 3 heteroatoms. The monoisotopic (exact) mass is 294 g/mol. The number of aromatic nitrogens is 1. The molecule has 1 saturated carbocycles. The Morgan fingerprint density at radius 1 is 1.19 bits per heavy atom. The average molecular weight is 295 g/mol. The van der Waals surface area contributed by atoms with Crippen molar-refractivity contribution in [3.05, 3.63) is 59.4 Å². The molecule has 0 amide bonds. The highest BCUT2D eigenvalue weighted by atomic mass is 35.5. The maximum Gasteiger partial charge on any atom is 0.113 e. The molecule has 0 radical (unpaired) electrons. The van der Waals surface area contributed by atoms with Crippen LogP contribution >= 0.6 is 11.6 Å². The Morgan fingerprint density at radius 3 is 2.86 bits per heavy atom. The third kappa shape index (κ3) is 2.28. The molecule has 1 aliphatic heterocycles. The number of fused-ring (bicyclic) bond motifs is 1. The zero-order valence-corrected chi connectivity index (χ0v) is 12.3. The van der Waals surface area contributed by atoms with Crippen LogP contribution in [0, 0.1) is 23.2 Å². The first-order chi connectivity index (χ1) is 10.3. The van der Waals surface area contributed by atoms with Crippen LogP contribution < -0.4 is 4.90 Å². The minimum Gasteiger partial charge on any atom is -0.368 e. The van der Waals surface area contributed by atoms with Crippen molar-refractivity contribution >= 4 is 17.3 Å². The molecule has 2 nitrogen and oxygen atoms in total. The van der Waals surface area contributed by atoms with Gasteiger partial charge in [-0.3, -0.25) is 0 Å². The van der Waals surface area contributed by atoms with Crippen LogP contribution in [-0.2, 0) is 0 Å². The maximum absolute atomic E-state index is 6.30. The first kappa shape index (κ1) is 12.7. The fourth-order valence-electron chi connectivity index (χ4n) is 3.19. The summed E-state index contributed by atoms with van der Waals surface area (Å²) in [5, 5.41) is 0.826. The molecule has 1 aliphatic carbocycles. The van der Waals surface area contributed by atoms with E-state index >= 15 is 0 Å². The summed E-state index contributed by atoms with van der Waals surface area (Å²) in [5.74, 6) is 7.38. The zero-order valence-electron chi connectivity index (χ0n) is 11.6. The van der Waals surface area contributed by atoms with E-state index in [0.717, 1.165) is 29.5 Å². The molecule has 21 heavy (non-hydrogen) atoms. The fraction of sp³-hybridized carbons (Fsp3) is 0.278. The Bertz CT molecular complexity index is 732. The van der Waals surface area contributed by atoms with Gasteiger partial charge in [-0.1, -0.05) is 35.7 Å². The summed E-state index contributed by atoms with van der Waals surface area (Å²) >= 11 is 6.30. The molecule has 2 heterocycles. The number of pyridine rings is 1. The SMILES string of the molecule is Clc1ccccc1N1CC2CC2(C#Cc2ccccn2)C1. The van der Waals surface area contributed by atoms with Crippen LogP contribution in [0.1, 0.15) is 12.1 Å². The lowest BCUT2D eigenvalue weighted by atomic mass is 10.1. The largest absolute Gasteiger partial charge is 0.368 e. The smallest absolute Gasteiger partial charge is 0.113 e. The highest BCUT2D eigenvalue weighted by Gasteiger charge is 2.59. The number of anilines is 1. The Morgan fingerprint density at radius 2 is 2.05 bits per heavy atom. The van der Waals surface area contributed by atoms with E-state index in [9.17, 15) is 0 Å². The summed E-state index contributed by atoms with van der Waals surface area (Å²) in [5.41, 5.74) is 2.13. The second-order valence-electron chi connectivity index (χ2n) is 5.85. The predicted molar refractivity (Wildman–Crippen MR) is 85.3 cm³/mol. The van der Waals surface area contributed by atoms with E-state index in [-0.39, 0.29) is 5.41 Å². The number of para-hydroxylation sites is 1. The summed E-state index contributed by atoms with van der Waals surface area (Å²) in [6.45, 7) is 2.03. The summed E-state index contributed by atoms with van der Waals surface area (Å²) in [4.78, 5) is 6.64. The van der Waals surface area contributed by atoms with Gasteiger partial charge in [-0.2, -0.15) is 0 Å². The van der Waals surface area contributed by atoms with Crippen LogP contribution in [0.15, 0.2) is 48.7 Å². The fourth-order valence-corrected chi connectivity index (χ4v) is 3.45. The topological polar surface area (TPSA) is 16.1 Å². The molecule has 4 rings (SSSR count). The summed E-state index contributed by atoms with van der Waals surface area (Å²) in [6.07, 6.45) is 2.99. The number of piperidine rings is 1. The molecule has 2 unspecified atom stereocenters. The Balaban J connectivity index is 1.55. The molecule has 0 bridgehead atoms. The molecule has 1 saturated heterocycles. The maximum atomic E-state index is 6.30. The second-order valence-corrected chi connectivity index (χ2v) is 6.26. The number of nitrogens with zero attached hydrogens (tertiary/aromatic N) is 2. The molecule has 2 atom stereocenters. The van der Waals surface area contributed by atoms with Crippen molar-refractivity contribution in [1.29, 1.82) is 0 Å². The van der Waals surface area contributed by atoms with E-state index in [1.165, 1.54) is 6.42 Å². The number of hydrogen-bond acceptors (Lipinski definition) is 2. The van der Waals surface area contributed by atoms with Gasteiger partial charge in [-0.15, -0.1) is 0 Å². The minimum atomic E-state index is 0.149. The van der Waals surface area contributed by atoms with Crippen LogP contribution in [0.25, 0.3) is 0 Å². The Kier molecular flexibility index (Phi) is 2.90. The van der Waals surface area contributed by atoms with Crippen molar-refractivity contribution in [2.24, 2.45) is 11.3 Å². The number of hydrogen-bond donors (Lipinski definition) is 0. The van der Waals surface area contributed by atoms with Gasteiger partial charge >= 0.3 is 0 Å². The van der Waals surface area contributed by atoms with Gasteiger partial charge in [0.15, 0.2) is 0 Å². The van der Waals surface area contributed by atoms with Crippen molar-refractivity contribution in [1.82, 2.24) is 4.98 Å². The lowest BCUT2D eigenvalue weighted by Gasteiger charge is -2.22. The van der Waals surface area contributed by atoms with E-state index in [1.54, 1.807) is 6.20 Å². The first-order valence-electron chi connectivity index (χ1n) is 7.21. The Labute approximate surface area is 129 Å². The van der Waals surface area contributed by atoms with Gasteiger partial charge in [-0.25, -0.2) is 4.98 Å². The van der Waals surface area contributed by atoms with Gasteiger partial charge in [0, 0.05) is 19.3 Å². The van der Waals surface area contributed by atoms with Crippen molar-refractivity contribution in [3.8, 4) is 11.8 Å². The van der Waals surface area contributed by atoms with E-state index < -0.39 is 0 Å². The van der Waals surface area contributed by atoms with Crippen LogP contribution in [0.5, 0.6) is 0 Å². The standard InChI is InChI=1S/C18H15ClN2/c19-16-6-1-2-7-17(16)21-12-14-11-18(14,13-21)9-8-15-5-3-4-10-20-15/h1-7,10,14H,11-13H2. The predicted octanol–water partition coefficient (Wildman–Crippen LogP) is 3.61. The lowest BCUT2D eigenvalue weighted by molar-refractivity contribution is 0.706. The minimum absolute atomic E-state index is 0.149. The molecular formula is C18H15ClN2. The van der Waals surface area contributed by atoms with Gasteiger partial charge in [0.25, 0.3) is 0 Å². The molecular weight excluding hydrogens is 280 g/mol. The normalized spacial score (nSPS) is 26.0. The summed E-state index contributed by atoms with van der Waals surface area (Å²) < 4.78 is 0. The molecule has 104 valence electrons. The van der Waals surface area contributed by atoms with Crippen LogP contribution in [-0.4, -0.2) is 18.1 Å². The van der Waals surface area contributed by atoms with E-state index in [0.29, 0.717) is 5.92 Å². The quantitative estimate of drug-likeness (QED) is 0.747. The van der Waals surface area contributed by atoms with Crippen LogP contribution in [0.3, 0.4) is 0 Å². The second kappa shape index (κ2) is 4.79. The van der Waals surface area contributed by atoms with Gasteiger partial charge in [0.2, 0.25) is 0 Å². The third-order valence-corrected chi connectivity index (χ3v) is 4.76. The third-order valence-electron chi connectivity index (χ3n) is 4.44. The van der Waals surface area contributed by atoms with E-state index in [2.05, 4.69) is 27.8 Å².